The third kappa shape index (κ3) is 14.1. The van der Waals surface area contributed by atoms with Crippen LogP contribution in [-0.4, -0.2) is 19.0 Å². The van der Waals surface area contributed by atoms with E-state index in [1.165, 1.54) is 0 Å². The minimum Gasteiger partial charge on any atom is -0.385 e. The smallest absolute Gasteiger partial charge is 0.385 e. The SMILES string of the molecule is O=Cc1ccc(NCCCC#CCCCCCCCCCCC(F)(F)F)cc1. The Bertz CT molecular complexity index is 585. The number of unbranched alkanes of at least 4 members (excludes halogenated alkanes) is 9. The normalized spacial score (nSPS) is 11.0. The fourth-order valence-corrected chi connectivity index (χ4v) is 2.87. The van der Waals surface area contributed by atoms with Crippen molar-refractivity contribution < 1.29 is 18.0 Å². The highest BCUT2D eigenvalue weighted by Gasteiger charge is 2.25. The average Bonchev–Trinajstić information content (AvgIpc) is 2.67. The first-order valence-electron chi connectivity index (χ1n) is 10.3. The largest absolute Gasteiger partial charge is 0.389 e. The summed E-state index contributed by atoms with van der Waals surface area (Å²) in [5, 5.41) is 3.31. The molecule has 0 aliphatic rings. The molecule has 1 aromatic carbocycles. The Balaban J connectivity index is 1.86. The Kier molecular flexibility index (Phi) is 12.9. The maximum atomic E-state index is 12.0. The molecule has 0 aromatic heterocycles. The molecule has 0 heterocycles. The third-order valence-corrected chi connectivity index (χ3v) is 4.49. The van der Waals surface area contributed by atoms with Gasteiger partial charge in [-0.25, -0.2) is 0 Å². The van der Waals surface area contributed by atoms with Crippen molar-refractivity contribution in [3.8, 4) is 11.8 Å². The first-order chi connectivity index (χ1) is 13.5. The van der Waals surface area contributed by atoms with Gasteiger partial charge in [0, 0.05) is 37.1 Å². The van der Waals surface area contributed by atoms with Crippen LogP contribution in [-0.2, 0) is 0 Å². The van der Waals surface area contributed by atoms with Gasteiger partial charge < -0.3 is 5.32 Å². The lowest BCUT2D eigenvalue weighted by Gasteiger charge is -2.05. The molecule has 156 valence electrons. The Morgan fingerprint density at radius 1 is 0.786 bits per heavy atom. The predicted octanol–water partition coefficient (Wildman–Crippen LogP) is 7.16. The molecule has 0 bridgehead atoms. The summed E-state index contributed by atoms with van der Waals surface area (Å²) in [4.78, 5) is 10.6. The highest BCUT2D eigenvalue weighted by molar-refractivity contribution is 5.75. The summed E-state index contributed by atoms with van der Waals surface area (Å²) in [5.74, 6) is 6.41. The molecule has 0 aliphatic heterocycles. The second kappa shape index (κ2) is 15.0. The van der Waals surface area contributed by atoms with Crippen LogP contribution in [0, 0.1) is 11.8 Å². The minimum absolute atomic E-state index is 0.265. The Morgan fingerprint density at radius 3 is 1.89 bits per heavy atom. The number of nitrogens with one attached hydrogen (secondary N) is 1. The van der Waals surface area contributed by atoms with Crippen molar-refractivity contribution >= 4 is 12.0 Å². The van der Waals surface area contributed by atoms with Gasteiger partial charge in [-0.15, -0.1) is 11.8 Å². The van der Waals surface area contributed by atoms with E-state index in [-0.39, 0.29) is 6.42 Å². The number of rotatable bonds is 14. The van der Waals surface area contributed by atoms with E-state index in [1.807, 2.05) is 12.1 Å². The molecule has 0 saturated heterocycles. The average molecular weight is 396 g/mol. The molecule has 0 amide bonds. The maximum absolute atomic E-state index is 12.0. The number of anilines is 1. The quantitative estimate of drug-likeness (QED) is 0.206. The first kappa shape index (κ1) is 24.1. The van der Waals surface area contributed by atoms with E-state index in [2.05, 4.69) is 17.2 Å². The number of hydrogen-bond acceptors (Lipinski definition) is 2. The van der Waals surface area contributed by atoms with Gasteiger partial charge in [0.25, 0.3) is 0 Å². The van der Waals surface area contributed by atoms with Crippen LogP contribution >= 0.6 is 0 Å². The molecule has 0 spiro atoms. The van der Waals surface area contributed by atoms with E-state index in [9.17, 15) is 18.0 Å². The van der Waals surface area contributed by atoms with Crippen LogP contribution in [0.15, 0.2) is 24.3 Å². The molecule has 0 saturated carbocycles. The van der Waals surface area contributed by atoms with E-state index in [4.69, 9.17) is 0 Å². The molecule has 28 heavy (non-hydrogen) atoms. The molecule has 1 rings (SSSR count). The topological polar surface area (TPSA) is 29.1 Å². The molecular formula is C23H32F3NO. The predicted molar refractivity (Wildman–Crippen MR) is 110 cm³/mol. The fourth-order valence-electron chi connectivity index (χ4n) is 2.87. The zero-order chi connectivity index (χ0) is 20.5. The van der Waals surface area contributed by atoms with Crippen molar-refractivity contribution in [2.24, 2.45) is 0 Å². The lowest BCUT2D eigenvalue weighted by atomic mass is 10.1. The summed E-state index contributed by atoms with van der Waals surface area (Å²) in [5.41, 5.74) is 1.69. The third-order valence-electron chi connectivity index (χ3n) is 4.49. The lowest BCUT2D eigenvalue weighted by Crippen LogP contribution is -2.06. The van der Waals surface area contributed by atoms with Crippen molar-refractivity contribution in [3.63, 3.8) is 0 Å². The van der Waals surface area contributed by atoms with Gasteiger partial charge in [-0.05, 0) is 43.5 Å². The summed E-state index contributed by atoms with van der Waals surface area (Å²) in [6.07, 6.45) is 6.37. The van der Waals surface area contributed by atoms with Crippen LogP contribution < -0.4 is 5.32 Å². The van der Waals surface area contributed by atoms with Crippen molar-refractivity contribution in [1.82, 2.24) is 0 Å². The van der Waals surface area contributed by atoms with Crippen LogP contribution in [0.25, 0.3) is 0 Å². The van der Waals surface area contributed by atoms with Gasteiger partial charge >= 0.3 is 6.18 Å². The van der Waals surface area contributed by atoms with Crippen LogP contribution in [0.4, 0.5) is 18.9 Å². The highest BCUT2D eigenvalue weighted by atomic mass is 19.4. The fraction of sp³-hybridized carbons (Fsp3) is 0.609. The summed E-state index contributed by atoms with van der Waals surface area (Å²) in [7, 11) is 0. The molecule has 0 aliphatic carbocycles. The van der Waals surface area contributed by atoms with E-state index in [0.717, 1.165) is 76.3 Å². The Morgan fingerprint density at radius 2 is 1.32 bits per heavy atom. The molecule has 2 nitrogen and oxygen atoms in total. The summed E-state index contributed by atoms with van der Waals surface area (Å²) in [6.45, 7) is 0.859. The number of carbonyl (C=O) groups excluding carboxylic acids is 1. The van der Waals surface area contributed by atoms with E-state index in [1.54, 1.807) is 12.1 Å². The van der Waals surface area contributed by atoms with Crippen molar-refractivity contribution in [3.05, 3.63) is 29.8 Å². The summed E-state index contributed by atoms with van der Waals surface area (Å²) in [6, 6.07) is 7.39. The van der Waals surface area contributed by atoms with E-state index < -0.39 is 12.6 Å². The number of alkyl halides is 3. The van der Waals surface area contributed by atoms with E-state index >= 15 is 0 Å². The maximum Gasteiger partial charge on any atom is 0.389 e. The lowest BCUT2D eigenvalue weighted by molar-refractivity contribution is -0.135. The molecule has 0 atom stereocenters. The Hall–Kier alpha value is -1.96. The number of hydrogen-bond donors (Lipinski definition) is 1. The first-order valence-corrected chi connectivity index (χ1v) is 10.3. The number of carbonyl (C=O) groups is 1. The van der Waals surface area contributed by atoms with Gasteiger partial charge in [-0.2, -0.15) is 13.2 Å². The second-order valence-corrected chi connectivity index (χ2v) is 7.07. The van der Waals surface area contributed by atoms with Gasteiger partial charge in [0.15, 0.2) is 0 Å². The second-order valence-electron chi connectivity index (χ2n) is 7.07. The highest BCUT2D eigenvalue weighted by Crippen LogP contribution is 2.23. The van der Waals surface area contributed by atoms with Crippen molar-refractivity contribution in [2.75, 3.05) is 11.9 Å². The Labute approximate surface area is 167 Å². The van der Waals surface area contributed by atoms with Gasteiger partial charge in [0.2, 0.25) is 0 Å². The number of aldehydes is 1. The minimum atomic E-state index is -4.00. The summed E-state index contributed by atoms with van der Waals surface area (Å²) >= 11 is 0. The van der Waals surface area contributed by atoms with Gasteiger partial charge in [0.05, 0.1) is 0 Å². The van der Waals surface area contributed by atoms with Crippen molar-refractivity contribution in [1.29, 1.82) is 0 Å². The van der Waals surface area contributed by atoms with E-state index in [0.29, 0.717) is 12.0 Å². The van der Waals surface area contributed by atoms with Gasteiger partial charge in [-0.1, -0.05) is 38.5 Å². The molecule has 0 radical (unpaired) electrons. The molecule has 0 unspecified atom stereocenters. The zero-order valence-corrected chi connectivity index (χ0v) is 16.6. The van der Waals surface area contributed by atoms with Crippen LogP contribution in [0.2, 0.25) is 0 Å². The van der Waals surface area contributed by atoms with Crippen molar-refractivity contribution in [2.45, 2.75) is 83.2 Å². The van der Waals surface area contributed by atoms with Crippen LogP contribution in [0.5, 0.6) is 0 Å². The molecular weight excluding hydrogens is 363 g/mol. The van der Waals surface area contributed by atoms with Gasteiger partial charge in [-0.3, -0.25) is 4.79 Å². The van der Waals surface area contributed by atoms with Crippen LogP contribution in [0.1, 0.15) is 87.4 Å². The molecule has 1 N–H and O–H groups in total. The molecule has 1 aromatic rings. The number of halogens is 3. The zero-order valence-electron chi connectivity index (χ0n) is 16.6. The monoisotopic (exact) mass is 395 g/mol. The molecule has 0 fully saturated rings. The van der Waals surface area contributed by atoms with Gasteiger partial charge in [0.1, 0.15) is 6.29 Å². The van der Waals surface area contributed by atoms with Crippen LogP contribution in [0.3, 0.4) is 0 Å². The molecule has 5 heteroatoms. The summed E-state index contributed by atoms with van der Waals surface area (Å²) < 4.78 is 36.0. The standard InChI is InChI=1S/C23H32F3NO/c24-23(25,26)18-12-10-8-6-4-2-1-3-5-7-9-11-13-19-27-22-16-14-21(20-28)15-17-22/h14-17,20,27H,1-6,8,10-13,18-19H2. The number of benzene rings is 1.